The number of imidazole rings is 1. The van der Waals surface area contributed by atoms with Gasteiger partial charge >= 0.3 is 0 Å². The lowest BCUT2D eigenvalue weighted by Crippen LogP contribution is -2.08. The summed E-state index contributed by atoms with van der Waals surface area (Å²) in [4.78, 5) is 7.82. The molecule has 2 aromatic heterocycles. The van der Waals surface area contributed by atoms with E-state index in [1.807, 2.05) is 0 Å². The summed E-state index contributed by atoms with van der Waals surface area (Å²) >= 11 is 5.81. The molecule has 6 heteroatoms. The molecule has 0 bridgehead atoms. The van der Waals surface area contributed by atoms with Crippen LogP contribution in [0.3, 0.4) is 0 Å². The van der Waals surface area contributed by atoms with E-state index < -0.39 is 6.10 Å². The van der Waals surface area contributed by atoms with Crippen molar-refractivity contribution >= 4 is 17.4 Å². The van der Waals surface area contributed by atoms with Crippen LogP contribution in [-0.2, 0) is 7.05 Å². The number of aliphatic hydroxyl groups excluding tert-OH is 1. The lowest BCUT2D eigenvalue weighted by Gasteiger charge is -2.13. The third-order valence-electron chi connectivity index (χ3n) is 2.34. The van der Waals surface area contributed by atoms with Crippen molar-refractivity contribution in [3.05, 3.63) is 41.1 Å². The maximum Gasteiger partial charge on any atom is 0.129 e. The first kappa shape index (κ1) is 10.9. The summed E-state index contributed by atoms with van der Waals surface area (Å²) in [6.07, 6.45) is 3.74. The van der Waals surface area contributed by atoms with Crippen molar-refractivity contribution in [2.45, 2.75) is 6.10 Å². The molecule has 0 spiro atoms. The van der Waals surface area contributed by atoms with E-state index in [1.165, 1.54) is 6.20 Å². The first-order valence-corrected chi connectivity index (χ1v) is 5.02. The van der Waals surface area contributed by atoms with Crippen LogP contribution in [0.25, 0.3) is 0 Å². The van der Waals surface area contributed by atoms with Gasteiger partial charge in [0.15, 0.2) is 0 Å². The van der Waals surface area contributed by atoms with E-state index in [4.69, 9.17) is 17.3 Å². The number of nitrogen functional groups attached to an aromatic ring is 1. The molecule has 0 aromatic carbocycles. The fraction of sp³-hybridized carbons (Fsp3) is 0.200. The predicted molar refractivity (Wildman–Crippen MR) is 60.9 cm³/mol. The van der Waals surface area contributed by atoms with Gasteiger partial charge in [0.1, 0.15) is 11.9 Å². The minimum Gasteiger partial charge on any atom is -0.383 e. The molecule has 2 rings (SSSR count). The van der Waals surface area contributed by atoms with Crippen molar-refractivity contribution in [3.8, 4) is 0 Å². The molecule has 2 heterocycles. The summed E-state index contributed by atoms with van der Waals surface area (Å²) in [7, 11) is 1.79. The van der Waals surface area contributed by atoms with Gasteiger partial charge in [-0.15, -0.1) is 0 Å². The normalized spacial score (nSPS) is 12.7. The Morgan fingerprint density at radius 1 is 1.50 bits per heavy atom. The molecule has 0 saturated carbocycles. The third-order valence-corrected chi connectivity index (χ3v) is 2.55. The number of hydrogen-bond acceptors (Lipinski definition) is 4. The van der Waals surface area contributed by atoms with Crippen molar-refractivity contribution in [2.75, 3.05) is 5.73 Å². The highest BCUT2D eigenvalue weighted by molar-refractivity contribution is 6.30. The van der Waals surface area contributed by atoms with Gasteiger partial charge in [0.2, 0.25) is 0 Å². The van der Waals surface area contributed by atoms with Gasteiger partial charge in [0.05, 0.1) is 23.2 Å². The largest absolute Gasteiger partial charge is 0.383 e. The van der Waals surface area contributed by atoms with E-state index >= 15 is 0 Å². The zero-order valence-electron chi connectivity index (χ0n) is 8.63. The maximum absolute atomic E-state index is 10.1. The molecule has 2 aromatic rings. The summed E-state index contributed by atoms with van der Waals surface area (Å²) in [6.45, 7) is 0. The summed E-state index contributed by atoms with van der Waals surface area (Å²) < 4.78 is 1.71. The van der Waals surface area contributed by atoms with Crippen LogP contribution in [-0.4, -0.2) is 19.6 Å². The van der Waals surface area contributed by atoms with Crippen LogP contribution < -0.4 is 5.73 Å². The van der Waals surface area contributed by atoms with Gasteiger partial charge in [-0.2, -0.15) is 0 Å². The summed E-state index contributed by atoms with van der Waals surface area (Å²) in [5.41, 5.74) is 6.80. The first-order valence-electron chi connectivity index (χ1n) is 4.65. The minimum absolute atomic E-state index is 0.262. The second-order valence-electron chi connectivity index (χ2n) is 3.46. The number of pyridine rings is 1. The lowest BCUT2D eigenvalue weighted by molar-refractivity contribution is 0.212. The molecule has 3 N–H and O–H groups in total. The molecule has 0 amide bonds. The number of nitrogens with zero attached hydrogens (tertiary/aromatic N) is 3. The molecule has 16 heavy (non-hydrogen) atoms. The molecule has 0 aliphatic heterocycles. The maximum atomic E-state index is 10.1. The average Bonchev–Trinajstić information content (AvgIpc) is 2.67. The van der Waals surface area contributed by atoms with Gasteiger partial charge in [0, 0.05) is 18.8 Å². The van der Waals surface area contributed by atoms with Crippen LogP contribution in [0.15, 0.2) is 24.8 Å². The topological polar surface area (TPSA) is 77.0 Å². The summed E-state index contributed by atoms with van der Waals surface area (Å²) in [5, 5.41) is 10.6. The molecule has 0 aliphatic carbocycles. The van der Waals surface area contributed by atoms with E-state index in [9.17, 15) is 5.11 Å². The summed E-state index contributed by atoms with van der Waals surface area (Å²) in [6, 6.07) is 1.60. The Morgan fingerprint density at radius 3 is 2.88 bits per heavy atom. The highest BCUT2D eigenvalue weighted by Crippen LogP contribution is 2.26. The summed E-state index contributed by atoms with van der Waals surface area (Å²) in [5.74, 6) is 0.262. The Hall–Kier alpha value is -1.59. The molecule has 84 valence electrons. The lowest BCUT2D eigenvalue weighted by atomic mass is 10.1. The Balaban J connectivity index is 2.45. The standard InChI is InChI=1S/C10H11ClN4O/c1-15-5-13-4-8(15)9(16)7-2-6(11)3-14-10(7)12/h2-5,9,16H,1H3,(H2,12,14). The Labute approximate surface area is 97.5 Å². The number of aliphatic hydroxyl groups is 1. The van der Waals surface area contributed by atoms with Crippen molar-refractivity contribution in [1.82, 2.24) is 14.5 Å². The quantitative estimate of drug-likeness (QED) is 0.822. The number of halogens is 1. The number of aromatic nitrogens is 3. The molecule has 1 unspecified atom stereocenters. The molecule has 5 nitrogen and oxygen atoms in total. The van der Waals surface area contributed by atoms with Crippen LogP contribution in [0.2, 0.25) is 5.02 Å². The Kier molecular flexibility index (Phi) is 2.80. The Morgan fingerprint density at radius 2 is 2.25 bits per heavy atom. The predicted octanol–water partition coefficient (Wildman–Crippen LogP) is 1.13. The van der Waals surface area contributed by atoms with E-state index in [0.29, 0.717) is 16.3 Å². The molecular weight excluding hydrogens is 228 g/mol. The van der Waals surface area contributed by atoms with Gasteiger partial charge < -0.3 is 15.4 Å². The average molecular weight is 239 g/mol. The first-order chi connectivity index (χ1) is 7.59. The SMILES string of the molecule is Cn1cncc1C(O)c1cc(Cl)cnc1N. The smallest absolute Gasteiger partial charge is 0.129 e. The van der Waals surface area contributed by atoms with Crippen LogP contribution in [0.5, 0.6) is 0 Å². The zero-order valence-corrected chi connectivity index (χ0v) is 9.39. The van der Waals surface area contributed by atoms with Crippen molar-refractivity contribution < 1.29 is 5.11 Å². The number of anilines is 1. The van der Waals surface area contributed by atoms with Gasteiger partial charge in [0.25, 0.3) is 0 Å². The van der Waals surface area contributed by atoms with E-state index in [1.54, 1.807) is 30.2 Å². The zero-order chi connectivity index (χ0) is 11.7. The van der Waals surface area contributed by atoms with E-state index in [-0.39, 0.29) is 5.82 Å². The third kappa shape index (κ3) is 1.87. The monoisotopic (exact) mass is 238 g/mol. The number of rotatable bonds is 2. The minimum atomic E-state index is -0.876. The molecule has 0 saturated heterocycles. The van der Waals surface area contributed by atoms with Crippen molar-refractivity contribution in [1.29, 1.82) is 0 Å². The van der Waals surface area contributed by atoms with E-state index in [0.717, 1.165) is 0 Å². The molecular formula is C10H11ClN4O. The molecule has 0 fully saturated rings. The molecule has 0 aliphatic rings. The van der Waals surface area contributed by atoms with Gasteiger partial charge in [-0.3, -0.25) is 0 Å². The molecule has 0 radical (unpaired) electrons. The van der Waals surface area contributed by atoms with E-state index in [2.05, 4.69) is 9.97 Å². The number of aryl methyl sites for hydroxylation is 1. The fourth-order valence-electron chi connectivity index (χ4n) is 1.47. The second-order valence-corrected chi connectivity index (χ2v) is 3.90. The van der Waals surface area contributed by atoms with Gasteiger partial charge in [-0.25, -0.2) is 9.97 Å². The highest BCUT2D eigenvalue weighted by atomic mass is 35.5. The second kappa shape index (κ2) is 4.11. The number of hydrogen-bond donors (Lipinski definition) is 2. The Bertz CT molecular complexity index is 511. The fourth-order valence-corrected chi connectivity index (χ4v) is 1.64. The highest BCUT2D eigenvalue weighted by Gasteiger charge is 2.17. The van der Waals surface area contributed by atoms with Crippen LogP contribution in [0.4, 0.5) is 5.82 Å². The van der Waals surface area contributed by atoms with Gasteiger partial charge in [-0.05, 0) is 6.07 Å². The van der Waals surface area contributed by atoms with Crippen molar-refractivity contribution in [2.24, 2.45) is 7.05 Å². The van der Waals surface area contributed by atoms with Crippen LogP contribution in [0.1, 0.15) is 17.4 Å². The number of nitrogens with two attached hydrogens (primary N) is 1. The van der Waals surface area contributed by atoms with Crippen LogP contribution in [0, 0.1) is 0 Å². The molecule has 1 atom stereocenters. The van der Waals surface area contributed by atoms with Gasteiger partial charge in [-0.1, -0.05) is 11.6 Å². The van der Waals surface area contributed by atoms with Crippen molar-refractivity contribution in [3.63, 3.8) is 0 Å². The van der Waals surface area contributed by atoms with Crippen LogP contribution >= 0.6 is 11.6 Å².